The van der Waals surface area contributed by atoms with Crippen LogP contribution in [-0.2, 0) is 13.1 Å². The summed E-state index contributed by atoms with van der Waals surface area (Å²) in [5.74, 6) is 2.41. The fourth-order valence-corrected chi connectivity index (χ4v) is 4.60. The van der Waals surface area contributed by atoms with Crippen molar-refractivity contribution in [3.63, 3.8) is 0 Å². The number of hydrogen-bond acceptors (Lipinski definition) is 8. The molecule has 0 atom stereocenters. The van der Waals surface area contributed by atoms with Crippen LogP contribution in [0.15, 0.2) is 67.0 Å². The molecule has 0 fully saturated rings. The highest BCUT2D eigenvalue weighted by molar-refractivity contribution is 6.07. The summed E-state index contributed by atoms with van der Waals surface area (Å²) in [6, 6.07) is 18.7. The molecule has 0 aliphatic heterocycles. The van der Waals surface area contributed by atoms with Gasteiger partial charge in [-0.2, -0.15) is 5.10 Å². The van der Waals surface area contributed by atoms with Crippen LogP contribution < -0.4 is 25.0 Å². The average Bonchev–Trinajstić information content (AvgIpc) is 3.31. The van der Waals surface area contributed by atoms with Crippen molar-refractivity contribution >= 4 is 34.3 Å². The molecule has 0 aliphatic rings. The average molecular weight is 553 g/mol. The molecule has 3 heterocycles. The lowest BCUT2D eigenvalue weighted by Gasteiger charge is -2.18. The van der Waals surface area contributed by atoms with E-state index in [0.717, 1.165) is 33.5 Å². The van der Waals surface area contributed by atoms with Crippen molar-refractivity contribution in [3.05, 3.63) is 89.6 Å². The second-order valence-electron chi connectivity index (χ2n) is 9.50. The third-order valence-corrected chi connectivity index (χ3v) is 6.71. The summed E-state index contributed by atoms with van der Waals surface area (Å²) in [4.78, 5) is 27.9. The number of methoxy groups -OCH3 is 2. The number of carbonyl (C=O) groups excluding carboxylic acids is 1. The van der Waals surface area contributed by atoms with Gasteiger partial charge in [-0.1, -0.05) is 12.1 Å². The number of anilines is 3. The third kappa shape index (κ3) is 6.03. The van der Waals surface area contributed by atoms with E-state index in [1.807, 2.05) is 73.1 Å². The highest BCUT2D eigenvalue weighted by Crippen LogP contribution is 2.28. The molecule has 5 aromatic rings. The molecule has 0 aliphatic carbocycles. The number of urea groups is 1. The number of amides is 2. The summed E-state index contributed by atoms with van der Waals surface area (Å²) in [7, 11) is 4.89. The molecular formula is C30H32N8O3. The summed E-state index contributed by atoms with van der Waals surface area (Å²) in [5.41, 5.74) is 5.20. The fourth-order valence-electron chi connectivity index (χ4n) is 4.60. The van der Waals surface area contributed by atoms with Crippen LogP contribution in [0, 0.1) is 13.8 Å². The van der Waals surface area contributed by atoms with E-state index < -0.39 is 0 Å². The zero-order chi connectivity index (χ0) is 28.9. The van der Waals surface area contributed by atoms with Crippen molar-refractivity contribution in [1.29, 1.82) is 0 Å². The monoisotopic (exact) mass is 552 g/mol. The van der Waals surface area contributed by atoms with E-state index in [2.05, 4.69) is 25.6 Å². The van der Waals surface area contributed by atoms with Crippen molar-refractivity contribution in [3.8, 4) is 11.5 Å². The van der Waals surface area contributed by atoms with E-state index in [9.17, 15) is 4.79 Å². The van der Waals surface area contributed by atoms with Crippen LogP contribution in [-0.4, -0.2) is 52.0 Å². The molecular weight excluding hydrogens is 520 g/mol. The van der Waals surface area contributed by atoms with E-state index in [4.69, 9.17) is 14.6 Å². The Morgan fingerprint density at radius 1 is 1.00 bits per heavy atom. The third-order valence-electron chi connectivity index (χ3n) is 6.71. The molecule has 0 radical (unpaired) electrons. The van der Waals surface area contributed by atoms with Gasteiger partial charge in [-0.3, -0.25) is 14.6 Å². The molecule has 11 nitrogen and oxygen atoms in total. The number of fused-ring (bicyclic) bond motifs is 1. The van der Waals surface area contributed by atoms with Crippen LogP contribution in [0.2, 0.25) is 0 Å². The highest BCUT2D eigenvalue weighted by atomic mass is 16.5. The predicted octanol–water partition coefficient (Wildman–Crippen LogP) is 5.18. The number of nitrogens with zero attached hydrogens (tertiary/aromatic N) is 6. The lowest BCUT2D eigenvalue weighted by Crippen LogP contribution is -2.32. The zero-order valence-electron chi connectivity index (χ0n) is 23.7. The largest absolute Gasteiger partial charge is 0.497 e. The van der Waals surface area contributed by atoms with Gasteiger partial charge in [0, 0.05) is 42.4 Å². The van der Waals surface area contributed by atoms with Crippen LogP contribution in [0.5, 0.6) is 11.5 Å². The minimum Gasteiger partial charge on any atom is -0.497 e. The SMILES string of the molecule is COc1ccc(CNc2cc(N(C)C(=O)Nc3cccc4c3c(C)nn4Cc3cccc(C)n3)ncn2)c(OC)c1. The first kappa shape index (κ1) is 27.4. The number of aryl methyl sites for hydroxylation is 2. The Hall–Kier alpha value is -5.19. The maximum Gasteiger partial charge on any atom is 0.327 e. The molecule has 0 spiro atoms. The van der Waals surface area contributed by atoms with Gasteiger partial charge in [0.05, 0.1) is 43.4 Å². The van der Waals surface area contributed by atoms with Crippen LogP contribution in [0.1, 0.15) is 22.6 Å². The molecule has 2 amide bonds. The topological polar surface area (TPSA) is 119 Å². The van der Waals surface area contributed by atoms with Crippen molar-refractivity contribution in [1.82, 2.24) is 24.7 Å². The Bertz CT molecular complexity index is 1700. The Morgan fingerprint density at radius 3 is 2.61 bits per heavy atom. The summed E-state index contributed by atoms with van der Waals surface area (Å²) in [6.07, 6.45) is 1.42. The molecule has 5 rings (SSSR count). The molecule has 0 bridgehead atoms. The second-order valence-corrected chi connectivity index (χ2v) is 9.50. The predicted molar refractivity (Wildman–Crippen MR) is 159 cm³/mol. The Morgan fingerprint density at radius 2 is 1.83 bits per heavy atom. The van der Waals surface area contributed by atoms with Gasteiger partial charge < -0.3 is 20.1 Å². The standard InChI is InChI=1S/C30H32N8O3/c1-19-8-6-9-22(34-19)17-38-25-11-7-10-24(29(25)20(2)36-38)35-30(39)37(3)28-15-27(32-18-33-28)31-16-21-12-13-23(40-4)14-26(21)41-5/h6-15,18H,16-17H2,1-5H3,(H,35,39)(H,31,32,33). The molecule has 0 saturated carbocycles. The van der Waals surface area contributed by atoms with E-state index in [0.29, 0.717) is 41.9 Å². The lowest BCUT2D eigenvalue weighted by atomic mass is 10.1. The summed E-state index contributed by atoms with van der Waals surface area (Å²) in [6.45, 7) is 4.89. The van der Waals surface area contributed by atoms with Gasteiger partial charge in [0.15, 0.2) is 0 Å². The van der Waals surface area contributed by atoms with Gasteiger partial charge in [0.25, 0.3) is 0 Å². The van der Waals surface area contributed by atoms with Crippen LogP contribution in [0.3, 0.4) is 0 Å². The molecule has 11 heteroatoms. The van der Waals surface area contributed by atoms with Crippen molar-refractivity contribution in [2.45, 2.75) is 26.9 Å². The van der Waals surface area contributed by atoms with Gasteiger partial charge >= 0.3 is 6.03 Å². The first-order valence-electron chi connectivity index (χ1n) is 13.1. The Balaban J connectivity index is 1.31. The number of ether oxygens (including phenoxy) is 2. The number of aromatic nitrogens is 5. The molecule has 3 aromatic heterocycles. The Labute approximate surface area is 238 Å². The molecule has 2 N–H and O–H groups in total. The molecule has 210 valence electrons. The van der Waals surface area contributed by atoms with Gasteiger partial charge in [-0.25, -0.2) is 14.8 Å². The number of hydrogen-bond donors (Lipinski definition) is 2. The van der Waals surface area contributed by atoms with E-state index in [1.165, 1.54) is 11.2 Å². The van der Waals surface area contributed by atoms with Crippen molar-refractivity contribution in [2.24, 2.45) is 0 Å². The number of benzene rings is 2. The Kier molecular flexibility index (Phi) is 7.95. The number of pyridine rings is 1. The van der Waals surface area contributed by atoms with Gasteiger partial charge in [-0.15, -0.1) is 0 Å². The zero-order valence-corrected chi connectivity index (χ0v) is 23.7. The van der Waals surface area contributed by atoms with E-state index in [-0.39, 0.29) is 6.03 Å². The molecule has 2 aromatic carbocycles. The van der Waals surface area contributed by atoms with Crippen molar-refractivity contribution < 1.29 is 14.3 Å². The first-order valence-corrected chi connectivity index (χ1v) is 13.1. The van der Waals surface area contributed by atoms with Crippen LogP contribution >= 0.6 is 0 Å². The second kappa shape index (κ2) is 11.9. The minimum atomic E-state index is -0.341. The first-order chi connectivity index (χ1) is 19.9. The van der Waals surface area contributed by atoms with E-state index >= 15 is 0 Å². The van der Waals surface area contributed by atoms with Gasteiger partial charge in [0.2, 0.25) is 0 Å². The number of nitrogens with one attached hydrogen (secondary N) is 2. The van der Waals surface area contributed by atoms with Gasteiger partial charge in [0.1, 0.15) is 29.5 Å². The lowest BCUT2D eigenvalue weighted by molar-refractivity contribution is 0.258. The van der Waals surface area contributed by atoms with Gasteiger partial charge in [-0.05, 0) is 50.2 Å². The number of carbonyl (C=O) groups is 1. The van der Waals surface area contributed by atoms with E-state index in [1.54, 1.807) is 27.3 Å². The quantitative estimate of drug-likeness (QED) is 0.257. The summed E-state index contributed by atoms with van der Waals surface area (Å²) in [5, 5.41) is 11.9. The maximum atomic E-state index is 13.3. The molecule has 0 saturated heterocycles. The summed E-state index contributed by atoms with van der Waals surface area (Å²) < 4.78 is 12.7. The van der Waals surface area contributed by atoms with Crippen molar-refractivity contribution in [2.75, 3.05) is 36.8 Å². The molecule has 0 unspecified atom stereocenters. The summed E-state index contributed by atoms with van der Waals surface area (Å²) >= 11 is 0. The maximum absolute atomic E-state index is 13.3. The van der Waals surface area contributed by atoms with Crippen LogP contribution in [0.4, 0.5) is 22.1 Å². The fraction of sp³-hybridized carbons (Fsp3) is 0.233. The smallest absolute Gasteiger partial charge is 0.327 e. The number of rotatable bonds is 9. The minimum absolute atomic E-state index is 0.341. The molecule has 41 heavy (non-hydrogen) atoms. The van der Waals surface area contributed by atoms with Crippen LogP contribution in [0.25, 0.3) is 10.9 Å². The normalized spacial score (nSPS) is 10.9. The highest BCUT2D eigenvalue weighted by Gasteiger charge is 2.18.